The van der Waals surface area contributed by atoms with E-state index in [9.17, 15) is 9.59 Å². The molecule has 0 aromatic heterocycles. The number of nitrogens with one attached hydrogen (secondary N) is 2. The molecular formula is C19H25ClN2O3. The lowest BCUT2D eigenvalue weighted by Gasteiger charge is -2.43. The second kappa shape index (κ2) is 8.19. The summed E-state index contributed by atoms with van der Waals surface area (Å²) in [6.45, 7) is 0.623. The molecule has 0 bridgehead atoms. The van der Waals surface area contributed by atoms with Gasteiger partial charge in [-0.3, -0.25) is 9.59 Å². The number of fused-ring (bicyclic) bond motifs is 1. The Morgan fingerprint density at radius 2 is 2.16 bits per heavy atom. The third-order valence-electron chi connectivity index (χ3n) is 5.36. The van der Waals surface area contributed by atoms with Gasteiger partial charge in [-0.05, 0) is 42.7 Å². The van der Waals surface area contributed by atoms with Crippen molar-refractivity contribution in [3.63, 3.8) is 0 Å². The second-order valence-corrected chi connectivity index (χ2v) is 7.51. The van der Waals surface area contributed by atoms with E-state index in [1.54, 1.807) is 13.2 Å². The Bertz CT molecular complexity index is 637. The fraction of sp³-hybridized carbons (Fsp3) is 0.579. The highest BCUT2D eigenvalue weighted by molar-refractivity contribution is 6.31. The molecule has 2 amide bonds. The van der Waals surface area contributed by atoms with Crippen LogP contribution in [0.2, 0.25) is 5.02 Å². The number of carbonyl (C=O) groups excluding carboxylic acids is 2. The predicted molar refractivity (Wildman–Crippen MR) is 96.3 cm³/mol. The van der Waals surface area contributed by atoms with E-state index in [-0.39, 0.29) is 36.2 Å². The van der Waals surface area contributed by atoms with Gasteiger partial charge in [0.2, 0.25) is 11.8 Å². The van der Waals surface area contributed by atoms with Crippen LogP contribution in [0, 0.1) is 11.8 Å². The van der Waals surface area contributed by atoms with E-state index >= 15 is 0 Å². The Balaban J connectivity index is 1.56. The van der Waals surface area contributed by atoms with Crippen LogP contribution in [0.5, 0.6) is 0 Å². The lowest BCUT2D eigenvalue weighted by Crippen LogP contribution is -2.56. The molecule has 1 aliphatic heterocycles. The Labute approximate surface area is 153 Å². The summed E-state index contributed by atoms with van der Waals surface area (Å²) in [4.78, 5) is 24.3. The van der Waals surface area contributed by atoms with E-state index in [2.05, 4.69) is 10.6 Å². The molecule has 136 valence electrons. The molecule has 1 aromatic carbocycles. The first kappa shape index (κ1) is 18.2. The molecule has 4 unspecified atom stereocenters. The maximum Gasteiger partial charge on any atom is 0.224 e. The van der Waals surface area contributed by atoms with Gasteiger partial charge in [0, 0.05) is 37.2 Å². The summed E-state index contributed by atoms with van der Waals surface area (Å²) in [5, 5.41) is 6.83. The molecule has 6 heteroatoms. The zero-order valence-electron chi connectivity index (χ0n) is 14.5. The first-order valence-electron chi connectivity index (χ1n) is 8.88. The van der Waals surface area contributed by atoms with E-state index in [0.717, 1.165) is 24.8 Å². The van der Waals surface area contributed by atoms with Crippen LogP contribution in [0.15, 0.2) is 24.3 Å². The zero-order chi connectivity index (χ0) is 17.8. The summed E-state index contributed by atoms with van der Waals surface area (Å²) in [5.41, 5.74) is 0.835. The van der Waals surface area contributed by atoms with Crippen molar-refractivity contribution >= 4 is 23.4 Å². The van der Waals surface area contributed by atoms with Crippen molar-refractivity contribution in [2.24, 2.45) is 11.8 Å². The number of hydrogen-bond acceptors (Lipinski definition) is 3. The summed E-state index contributed by atoms with van der Waals surface area (Å²) in [5.74, 6) is 0.788. The van der Waals surface area contributed by atoms with Crippen LogP contribution in [0.25, 0.3) is 0 Å². The minimum atomic E-state index is -0.0212. The fourth-order valence-electron chi connectivity index (χ4n) is 4.20. The number of piperidine rings is 1. The SMILES string of the molecule is COCC1CC(=O)NC2CC(NC(=O)Cc3ccccc3Cl)CCC12. The van der Waals surface area contributed by atoms with Gasteiger partial charge in [-0.25, -0.2) is 0 Å². The van der Waals surface area contributed by atoms with Crippen molar-refractivity contribution in [1.82, 2.24) is 10.6 Å². The van der Waals surface area contributed by atoms with E-state index in [1.807, 2.05) is 18.2 Å². The summed E-state index contributed by atoms with van der Waals surface area (Å²) in [6.07, 6.45) is 3.54. The Morgan fingerprint density at radius 3 is 2.92 bits per heavy atom. The number of hydrogen-bond donors (Lipinski definition) is 2. The van der Waals surface area contributed by atoms with Crippen LogP contribution in [0.1, 0.15) is 31.2 Å². The molecule has 4 atom stereocenters. The molecule has 2 N–H and O–H groups in total. The highest BCUT2D eigenvalue weighted by atomic mass is 35.5. The topological polar surface area (TPSA) is 67.4 Å². The molecule has 1 heterocycles. The highest BCUT2D eigenvalue weighted by Crippen LogP contribution is 2.35. The van der Waals surface area contributed by atoms with Crippen LogP contribution in [0.3, 0.4) is 0 Å². The van der Waals surface area contributed by atoms with Crippen LogP contribution in [-0.2, 0) is 20.7 Å². The van der Waals surface area contributed by atoms with Gasteiger partial charge in [0.05, 0.1) is 6.42 Å². The summed E-state index contributed by atoms with van der Waals surface area (Å²) in [6, 6.07) is 7.62. The lowest BCUT2D eigenvalue weighted by molar-refractivity contribution is -0.128. The molecule has 3 rings (SSSR count). The number of benzene rings is 1. The van der Waals surface area contributed by atoms with Crippen LogP contribution in [0.4, 0.5) is 0 Å². The minimum Gasteiger partial charge on any atom is -0.384 e. The first-order valence-corrected chi connectivity index (χ1v) is 9.25. The standard InChI is InChI=1S/C19H25ClN2O3/c1-25-11-13-9-19(24)22-17-10-14(6-7-15(13)17)21-18(23)8-12-4-2-3-5-16(12)20/h2-5,13-15,17H,6-11H2,1H3,(H,21,23)(H,22,24). The number of amides is 2. The van der Waals surface area contributed by atoms with Crippen LogP contribution in [-0.4, -0.2) is 37.6 Å². The van der Waals surface area contributed by atoms with Gasteiger partial charge >= 0.3 is 0 Å². The number of rotatable bonds is 5. The monoisotopic (exact) mass is 364 g/mol. The molecule has 0 radical (unpaired) electrons. The Morgan fingerprint density at radius 1 is 1.36 bits per heavy atom. The van der Waals surface area contributed by atoms with Crippen molar-refractivity contribution in [2.45, 2.75) is 44.2 Å². The van der Waals surface area contributed by atoms with Crippen LogP contribution >= 0.6 is 11.6 Å². The molecule has 1 aromatic rings. The molecule has 1 aliphatic carbocycles. The van der Waals surface area contributed by atoms with Gasteiger partial charge in [0.25, 0.3) is 0 Å². The quantitative estimate of drug-likeness (QED) is 0.842. The largest absolute Gasteiger partial charge is 0.384 e. The maximum absolute atomic E-state index is 12.3. The van der Waals surface area contributed by atoms with Gasteiger partial charge in [-0.1, -0.05) is 29.8 Å². The molecular weight excluding hydrogens is 340 g/mol. The third-order valence-corrected chi connectivity index (χ3v) is 5.73. The van der Waals surface area contributed by atoms with Crippen LogP contribution < -0.4 is 10.6 Å². The van der Waals surface area contributed by atoms with E-state index in [0.29, 0.717) is 24.0 Å². The molecule has 5 nitrogen and oxygen atoms in total. The number of ether oxygens (including phenoxy) is 1. The maximum atomic E-state index is 12.3. The summed E-state index contributed by atoms with van der Waals surface area (Å²) < 4.78 is 5.29. The molecule has 1 saturated carbocycles. The summed E-state index contributed by atoms with van der Waals surface area (Å²) >= 11 is 6.12. The number of methoxy groups -OCH3 is 1. The van der Waals surface area contributed by atoms with Crippen molar-refractivity contribution < 1.29 is 14.3 Å². The highest BCUT2D eigenvalue weighted by Gasteiger charge is 2.40. The van der Waals surface area contributed by atoms with Gasteiger partial charge in [-0.2, -0.15) is 0 Å². The fourth-order valence-corrected chi connectivity index (χ4v) is 4.40. The second-order valence-electron chi connectivity index (χ2n) is 7.10. The third kappa shape index (κ3) is 4.53. The van der Waals surface area contributed by atoms with Gasteiger partial charge in [0.15, 0.2) is 0 Å². The molecule has 1 saturated heterocycles. The van der Waals surface area contributed by atoms with Gasteiger partial charge in [0.1, 0.15) is 0 Å². The lowest BCUT2D eigenvalue weighted by atomic mass is 9.71. The average Bonchev–Trinajstić information content (AvgIpc) is 2.57. The molecule has 0 spiro atoms. The van der Waals surface area contributed by atoms with Gasteiger partial charge in [-0.15, -0.1) is 0 Å². The molecule has 2 fully saturated rings. The predicted octanol–water partition coefficient (Wildman–Crippen LogP) is 2.32. The van der Waals surface area contributed by atoms with E-state index < -0.39 is 0 Å². The van der Waals surface area contributed by atoms with E-state index in [1.165, 1.54) is 0 Å². The Kier molecular flexibility index (Phi) is 5.97. The Hall–Kier alpha value is -1.59. The molecule has 2 aliphatic rings. The smallest absolute Gasteiger partial charge is 0.224 e. The van der Waals surface area contributed by atoms with E-state index in [4.69, 9.17) is 16.3 Å². The minimum absolute atomic E-state index is 0.0212. The molecule has 25 heavy (non-hydrogen) atoms. The zero-order valence-corrected chi connectivity index (χ0v) is 15.2. The normalized spacial score (nSPS) is 28.8. The first-order chi connectivity index (χ1) is 12.1. The van der Waals surface area contributed by atoms with Crippen molar-refractivity contribution in [3.8, 4) is 0 Å². The van der Waals surface area contributed by atoms with Crippen molar-refractivity contribution in [3.05, 3.63) is 34.9 Å². The number of carbonyl (C=O) groups is 2. The number of halogens is 1. The van der Waals surface area contributed by atoms with Crippen molar-refractivity contribution in [1.29, 1.82) is 0 Å². The van der Waals surface area contributed by atoms with Gasteiger partial charge < -0.3 is 15.4 Å². The summed E-state index contributed by atoms with van der Waals surface area (Å²) in [7, 11) is 1.68. The van der Waals surface area contributed by atoms with Crippen molar-refractivity contribution in [2.75, 3.05) is 13.7 Å². The average molecular weight is 365 g/mol.